The molecule has 0 radical (unpaired) electrons. The molecule has 0 aliphatic rings. The van der Waals surface area contributed by atoms with Crippen LogP contribution in [0.15, 0.2) is 24.4 Å². The van der Waals surface area contributed by atoms with Crippen LogP contribution in [0.5, 0.6) is 0 Å². The van der Waals surface area contributed by atoms with Gasteiger partial charge in [-0.25, -0.2) is 4.79 Å². The molecular formula is C16H21F3NO4+. The molecule has 0 aliphatic carbocycles. The molecule has 8 heteroatoms. The summed E-state index contributed by atoms with van der Waals surface area (Å²) >= 11 is 0. The summed E-state index contributed by atoms with van der Waals surface area (Å²) in [6.45, 7) is 3.60. The highest BCUT2D eigenvalue weighted by Gasteiger charge is 2.29. The van der Waals surface area contributed by atoms with Crippen molar-refractivity contribution in [2.45, 2.75) is 51.9 Å². The molecule has 134 valence electrons. The van der Waals surface area contributed by atoms with Crippen LogP contribution in [-0.4, -0.2) is 30.3 Å². The van der Waals surface area contributed by atoms with Gasteiger partial charge in [0.15, 0.2) is 18.5 Å². The van der Waals surface area contributed by atoms with Crippen LogP contribution in [0.2, 0.25) is 0 Å². The van der Waals surface area contributed by atoms with Gasteiger partial charge in [-0.15, -0.1) is 0 Å². The van der Waals surface area contributed by atoms with E-state index >= 15 is 0 Å². The first-order valence-electron chi connectivity index (χ1n) is 7.38. The van der Waals surface area contributed by atoms with Crippen molar-refractivity contribution in [2.75, 3.05) is 6.61 Å². The monoisotopic (exact) mass is 348 g/mol. The first-order chi connectivity index (χ1) is 11.0. The summed E-state index contributed by atoms with van der Waals surface area (Å²) in [5.41, 5.74) is 0.000811. The highest BCUT2D eigenvalue weighted by atomic mass is 19.4. The number of carbonyl (C=O) groups is 2. The van der Waals surface area contributed by atoms with Crippen molar-refractivity contribution in [3.05, 3.63) is 30.1 Å². The zero-order chi connectivity index (χ0) is 18.4. The Bertz CT molecular complexity index is 579. The smallest absolute Gasteiger partial charge is 0.422 e. The van der Waals surface area contributed by atoms with Crippen molar-refractivity contribution >= 4 is 11.9 Å². The van der Waals surface area contributed by atoms with Crippen LogP contribution in [0.25, 0.3) is 0 Å². The van der Waals surface area contributed by atoms with Crippen LogP contribution in [0, 0.1) is 0 Å². The second-order valence-electron chi connectivity index (χ2n) is 6.18. The lowest BCUT2D eigenvalue weighted by atomic mass is 10.2. The largest absolute Gasteiger partial charge is 0.456 e. The predicted octanol–water partition coefficient (Wildman–Crippen LogP) is 2.35. The number of aryl methyl sites for hydroxylation is 1. The number of aromatic nitrogens is 1. The number of rotatable bonds is 6. The van der Waals surface area contributed by atoms with E-state index < -0.39 is 30.3 Å². The van der Waals surface area contributed by atoms with Crippen LogP contribution < -0.4 is 4.57 Å². The summed E-state index contributed by atoms with van der Waals surface area (Å²) in [4.78, 5) is 23.2. The second-order valence-corrected chi connectivity index (χ2v) is 6.18. The Labute approximate surface area is 138 Å². The molecule has 1 rings (SSSR count). The summed E-state index contributed by atoms with van der Waals surface area (Å²) in [6.07, 6.45) is -2.96. The molecule has 1 aromatic rings. The van der Waals surface area contributed by atoms with E-state index in [2.05, 4.69) is 4.74 Å². The van der Waals surface area contributed by atoms with Gasteiger partial charge in [0.1, 0.15) is 5.60 Å². The minimum absolute atomic E-state index is 0.0506. The summed E-state index contributed by atoms with van der Waals surface area (Å²) in [5, 5.41) is 0. The van der Waals surface area contributed by atoms with E-state index in [-0.39, 0.29) is 19.4 Å². The Kier molecular flexibility index (Phi) is 6.74. The van der Waals surface area contributed by atoms with Crippen molar-refractivity contribution in [1.82, 2.24) is 0 Å². The summed E-state index contributed by atoms with van der Waals surface area (Å²) < 4.78 is 46.9. The van der Waals surface area contributed by atoms with Crippen LogP contribution in [0.1, 0.15) is 32.9 Å². The minimum Gasteiger partial charge on any atom is -0.456 e. The van der Waals surface area contributed by atoms with Gasteiger partial charge in [-0.2, -0.15) is 17.7 Å². The molecule has 1 aromatic heterocycles. The molecule has 0 amide bonds. The molecule has 0 atom stereocenters. The minimum atomic E-state index is -4.54. The third-order valence-corrected chi connectivity index (χ3v) is 2.74. The molecule has 0 unspecified atom stereocenters. The molecule has 5 nitrogen and oxygen atoms in total. The van der Waals surface area contributed by atoms with Gasteiger partial charge in [0.05, 0.1) is 6.42 Å². The molecule has 1 heterocycles. The first-order valence-corrected chi connectivity index (χ1v) is 7.38. The number of alkyl halides is 3. The van der Waals surface area contributed by atoms with E-state index in [0.717, 1.165) is 0 Å². The van der Waals surface area contributed by atoms with Gasteiger partial charge in [0.25, 0.3) is 0 Å². The van der Waals surface area contributed by atoms with Gasteiger partial charge < -0.3 is 9.47 Å². The van der Waals surface area contributed by atoms with E-state index in [1.54, 1.807) is 49.7 Å². The molecule has 0 saturated heterocycles. The number of hydrogen-bond donors (Lipinski definition) is 0. The van der Waals surface area contributed by atoms with Gasteiger partial charge in [0.2, 0.25) is 6.54 Å². The normalized spacial score (nSPS) is 11.9. The summed E-state index contributed by atoms with van der Waals surface area (Å²) in [7, 11) is 0. The van der Waals surface area contributed by atoms with Crippen molar-refractivity contribution < 1.29 is 36.8 Å². The maximum absolute atomic E-state index is 12.0. The molecular weight excluding hydrogens is 327 g/mol. The van der Waals surface area contributed by atoms with Crippen molar-refractivity contribution in [3.63, 3.8) is 0 Å². The number of carbonyl (C=O) groups excluding carboxylic acids is 2. The quantitative estimate of drug-likeness (QED) is 0.585. The van der Waals surface area contributed by atoms with Gasteiger partial charge in [-0.05, 0) is 20.8 Å². The van der Waals surface area contributed by atoms with Crippen LogP contribution in [0.4, 0.5) is 13.2 Å². The van der Waals surface area contributed by atoms with Crippen molar-refractivity contribution in [2.24, 2.45) is 0 Å². The number of ether oxygens (including phenoxy) is 2. The fourth-order valence-corrected chi connectivity index (χ4v) is 1.87. The third-order valence-electron chi connectivity index (χ3n) is 2.74. The Morgan fingerprint density at radius 3 is 2.38 bits per heavy atom. The molecule has 0 saturated carbocycles. The molecule has 0 fully saturated rings. The number of esters is 2. The number of nitrogens with zero attached hydrogens (tertiary/aromatic N) is 1. The molecule has 0 aromatic carbocycles. The molecule has 0 N–H and O–H groups in total. The lowest BCUT2D eigenvalue weighted by molar-refractivity contribution is -0.693. The van der Waals surface area contributed by atoms with Gasteiger partial charge in [-0.3, -0.25) is 4.79 Å². The fourth-order valence-electron chi connectivity index (χ4n) is 1.87. The van der Waals surface area contributed by atoms with E-state index in [1.165, 1.54) is 0 Å². The van der Waals surface area contributed by atoms with Crippen LogP contribution in [-0.2, 0) is 32.0 Å². The van der Waals surface area contributed by atoms with E-state index in [1.807, 2.05) is 0 Å². The zero-order valence-corrected chi connectivity index (χ0v) is 13.9. The van der Waals surface area contributed by atoms with Crippen LogP contribution in [0.3, 0.4) is 0 Å². The summed E-state index contributed by atoms with van der Waals surface area (Å²) in [6, 6.07) is 5.10. The standard InChI is InChI=1S/C16H21F3NO4/c1-15(2,3)24-14(22)10-20-9-5-4-6-12(20)7-8-13(21)23-11-16(17,18)19/h4-6,9H,7-8,10-11H2,1-3H3/q+1. The Morgan fingerprint density at radius 1 is 1.12 bits per heavy atom. The van der Waals surface area contributed by atoms with Gasteiger partial charge >= 0.3 is 18.1 Å². The Balaban J connectivity index is 2.60. The highest BCUT2D eigenvalue weighted by Crippen LogP contribution is 2.15. The number of pyridine rings is 1. The van der Waals surface area contributed by atoms with Gasteiger partial charge in [0, 0.05) is 18.6 Å². The number of halogens is 3. The average molecular weight is 348 g/mol. The molecule has 0 spiro atoms. The van der Waals surface area contributed by atoms with Crippen molar-refractivity contribution in [3.8, 4) is 0 Å². The topological polar surface area (TPSA) is 56.5 Å². The number of hydrogen-bond acceptors (Lipinski definition) is 4. The maximum Gasteiger partial charge on any atom is 0.422 e. The highest BCUT2D eigenvalue weighted by molar-refractivity contribution is 5.69. The predicted molar refractivity (Wildman–Crippen MR) is 77.8 cm³/mol. The first kappa shape index (κ1) is 19.9. The molecule has 0 aliphatic heterocycles. The summed E-state index contributed by atoms with van der Waals surface area (Å²) in [5.74, 6) is -1.39. The second kappa shape index (κ2) is 8.12. The molecule has 24 heavy (non-hydrogen) atoms. The van der Waals surface area contributed by atoms with E-state index in [4.69, 9.17) is 4.74 Å². The van der Waals surface area contributed by atoms with Crippen molar-refractivity contribution in [1.29, 1.82) is 0 Å². The lowest BCUT2D eigenvalue weighted by Crippen LogP contribution is -2.43. The Morgan fingerprint density at radius 2 is 1.79 bits per heavy atom. The zero-order valence-electron chi connectivity index (χ0n) is 13.9. The molecule has 0 bridgehead atoms. The fraction of sp³-hybridized carbons (Fsp3) is 0.562. The lowest BCUT2D eigenvalue weighted by Gasteiger charge is -2.18. The van der Waals surface area contributed by atoms with Gasteiger partial charge in [-0.1, -0.05) is 6.07 Å². The third kappa shape index (κ3) is 8.50. The van der Waals surface area contributed by atoms with Crippen LogP contribution >= 0.6 is 0 Å². The van der Waals surface area contributed by atoms with E-state index in [9.17, 15) is 22.8 Å². The Hall–Kier alpha value is -2.12. The average Bonchev–Trinajstić information content (AvgIpc) is 2.41. The van der Waals surface area contributed by atoms with E-state index in [0.29, 0.717) is 5.69 Å². The maximum atomic E-state index is 12.0. The SMILES string of the molecule is CC(C)(C)OC(=O)C[n+]1ccccc1CCC(=O)OCC(F)(F)F.